The largest absolute Gasteiger partial charge is 0.743 e. The Labute approximate surface area is 150 Å². The molecule has 0 atom stereocenters. The van der Waals surface area contributed by atoms with E-state index < -0.39 is 40.6 Å². The van der Waals surface area contributed by atoms with Crippen LogP contribution in [0.5, 0.6) is 0 Å². The SMILES string of the molecule is CCC[n+]1cc[nH]c1CCCC(F)(F)C(F)F.O=S(=O)([O-])C(F)(F)C(F)F. The number of imidazole rings is 1. The number of nitrogens with zero attached hydrogens (tertiary/aromatic N) is 1. The lowest BCUT2D eigenvalue weighted by atomic mass is 10.1. The molecule has 0 saturated heterocycles. The Balaban J connectivity index is 0.000000580. The second-order valence-corrected chi connectivity index (χ2v) is 6.78. The number of nitrogens with one attached hydrogen (secondary N) is 1. The van der Waals surface area contributed by atoms with Crippen LogP contribution in [-0.4, -0.2) is 42.0 Å². The highest BCUT2D eigenvalue weighted by molar-refractivity contribution is 7.86. The quantitative estimate of drug-likeness (QED) is 0.368. The van der Waals surface area contributed by atoms with Gasteiger partial charge in [-0.25, -0.2) is 44.3 Å². The lowest BCUT2D eigenvalue weighted by molar-refractivity contribution is -0.703. The first-order valence-electron chi connectivity index (χ1n) is 7.49. The van der Waals surface area contributed by atoms with Crippen molar-refractivity contribution in [2.24, 2.45) is 0 Å². The van der Waals surface area contributed by atoms with Crippen molar-refractivity contribution in [1.29, 1.82) is 0 Å². The van der Waals surface area contributed by atoms with Crippen LogP contribution in [-0.2, 0) is 23.1 Å². The summed E-state index contributed by atoms with van der Waals surface area (Å²) in [5.41, 5.74) is 0. The molecule has 14 heteroatoms. The molecule has 1 rings (SSSR count). The number of halogens is 8. The van der Waals surface area contributed by atoms with Gasteiger partial charge in [-0.2, -0.15) is 8.78 Å². The molecule has 0 fully saturated rings. The van der Waals surface area contributed by atoms with Crippen molar-refractivity contribution in [2.45, 2.75) is 63.2 Å². The maximum Gasteiger partial charge on any atom is 0.393 e. The molecule has 0 aromatic carbocycles. The molecule has 0 aliphatic carbocycles. The van der Waals surface area contributed by atoms with E-state index in [4.69, 9.17) is 0 Å². The molecule has 1 aromatic rings. The molecule has 5 nitrogen and oxygen atoms in total. The fourth-order valence-electron chi connectivity index (χ4n) is 1.77. The van der Waals surface area contributed by atoms with E-state index >= 15 is 0 Å². The van der Waals surface area contributed by atoms with Crippen LogP contribution < -0.4 is 4.57 Å². The average Bonchev–Trinajstić information content (AvgIpc) is 2.94. The molecule has 0 saturated carbocycles. The summed E-state index contributed by atoms with van der Waals surface area (Å²) in [5, 5.41) is -5.48. The number of aromatic nitrogens is 2. The van der Waals surface area contributed by atoms with Crippen LogP contribution in [0.3, 0.4) is 0 Å². The Kier molecular flexibility index (Phi) is 9.66. The predicted molar refractivity (Wildman–Crippen MR) is 75.8 cm³/mol. The van der Waals surface area contributed by atoms with Crippen LogP contribution >= 0.6 is 0 Å². The van der Waals surface area contributed by atoms with E-state index in [1.54, 1.807) is 6.20 Å². The van der Waals surface area contributed by atoms with Gasteiger partial charge in [-0.3, -0.25) is 0 Å². The third-order valence-electron chi connectivity index (χ3n) is 3.15. The number of aromatic amines is 1. The number of aryl methyl sites for hydroxylation is 2. The van der Waals surface area contributed by atoms with Crippen LogP contribution in [0.1, 0.15) is 32.0 Å². The van der Waals surface area contributed by atoms with Gasteiger partial charge in [-0.1, -0.05) is 6.92 Å². The van der Waals surface area contributed by atoms with E-state index in [9.17, 15) is 48.1 Å². The van der Waals surface area contributed by atoms with Gasteiger partial charge in [0, 0.05) is 12.8 Å². The number of alkyl halides is 8. The van der Waals surface area contributed by atoms with Gasteiger partial charge < -0.3 is 4.55 Å². The van der Waals surface area contributed by atoms with E-state index in [1.807, 2.05) is 17.7 Å². The van der Waals surface area contributed by atoms with Gasteiger partial charge in [-0.05, 0) is 12.8 Å². The summed E-state index contributed by atoms with van der Waals surface area (Å²) in [7, 11) is -6.23. The van der Waals surface area contributed by atoms with Crippen molar-refractivity contribution in [1.82, 2.24) is 4.98 Å². The second-order valence-electron chi connectivity index (χ2n) is 5.33. The summed E-state index contributed by atoms with van der Waals surface area (Å²) in [6, 6.07) is 0. The highest BCUT2D eigenvalue weighted by atomic mass is 32.2. The van der Waals surface area contributed by atoms with Gasteiger partial charge in [0.15, 0.2) is 10.1 Å². The topological polar surface area (TPSA) is 76.9 Å². The van der Waals surface area contributed by atoms with Gasteiger partial charge in [0.1, 0.15) is 12.4 Å². The Hall–Kier alpha value is -1.44. The van der Waals surface area contributed by atoms with Crippen LogP contribution in [0.15, 0.2) is 12.4 Å². The summed E-state index contributed by atoms with van der Waals surface area (Å²) in [5.74, 6) is -3.07. The van der Waals surface area contributed by atoms with Gasteiger partial charge in [0.05, 0.1) is 6.54 Å². The highest BCUT2D eigenvalue weighted by Crippen LogP contribution is 2.28. The van der Waals surface area contributed by atoms with E-state index in [0.29, 0.717) is 6.42 Å². The minimum atomic E-state index is -6.23. The third-order valence-corrected chi connectivity index (χ3v) is 3.99. The van der Waals surface area contributed by atoms with Crippen LogP contribution in [0.4, 0.5) is 35.1 Å². The van der Waals surface area contributed by atoms with Gasteiger partial charge in [-0.15, -0.1) is 0 Å². The maximum atomic E-state index is 12.7. The third kappa shape index (κ3) is 7.99. The lowest BCUT2D eigenvalue weighted by Crippen LogP contribution is -2.36. The van der Waals surface area contributed by atoms with Crippen LogP contribution in [0, 0.1) is 0 Å². The normalized spacial score (nSPS) is 13.0. The zero-order valence-corrected chi connectivity index (χ0v) is 14.8. The second kappa shape index (κ2) is 10.2. The van der Waals surface area contributed by atoms with E-state index in [0.717, 1.165) is 18.8 Å². The fourth-order valence-corrected chi connectivity index (χ4v) is 1.99. The van der Waals surface area contributed by atoms with Crippen molar-refractivity contribution >= 4 is 10.1 Å². The first kappa shape index (κ1) is 25.6. The zero-order valence-electron chi connectivity index (χ0n) is 13.9. The van der Waals surface area contributed by atoms with Crippen LogP contribution in [0.25, 0.3) is 0 Å². The molecule has 27 heavy (non-hydrogen) atoms. The van der Waals surface area contributed by atoms with E-state index in [1.165, 1.54) is 0 Å². The predicted octanol–water partition coefficient (Wildman–Crippen LogP) is 3.32. The molecule has 0 amide bonds. The van der Waals surface area contributed by atoms with Gasteiger partial charge >= 0.3 is 24.0 Å². The molecule has 1 heterocycles. The first-order valence-corrected chi connectivity index (χ1v) is 8.90. The summed E-state index contributed by atoms with van der Waals surface area (Å²) in [6.07, 6.45) is -3.96. The van der Waals surface area contributed by atoms with Gasteiger partial charge in [0.25, 0.3) is 5.82 Å². The molecule has 0 unspecified atom stereocenters. The number of H-pyrrole nitrogens is 1. The molecule has 0 spiro atoms. The van der Waals surface area contributed by atoms with E-state index in [2.05, 4.69) is 4.98 Å². The van der Waals surface area contributed by atoms with Crippen molar-refractivity contribution in [2.75, 3.05) is 0 Å². The first-order chi connectivity index (χ1) is 12.2. The lowest BCUT2D eigenvalue weighted by Gasteiger charge is -2.17. The summed E-state index contributed by atoms with van der Waals surface area (Å²) < 4.78 is 124. The molecular weight excluding hydrogens is 416 g/mol. The molecule has 160 valence electrons. The summed E-state index contributed by atoms with van der Waals surface area (Å²) >= 11 is 0. The Morgan fingerprint density at radius 3 is 2.07 bits per heavy atom. The monoisotopic (exact) mass is 434 g/mol. The summed E-state index contributed by atoms with van der Waals surface area (Å²) in [4.78, 5) is 2.94. The zero-order chi connectivity index (χ0) is 21.5. The Bertz CT molecular complexity index is 664. The minimum absolute atomic E-state index is 0.0432. The molecular formula is C13H18F8N2O3S. The molecule has 0 bridgehead atoms. The smallest absolute Gasteiger partial charge is 0.393 e. The van der Waals surface area contributed by atoms with Gasteiger partial charge in [0.2, 0.25) is 0 Å². The number of hydrogen-bond acceptors (Lipinski definition) is 3. The molecule has 0 aliphatic rings. The minimum Gasteiger partial charge on any atom is -0.743 e. The maximum absolute atomic E-state index is 12.7. The molecule has 0 radical (unpaired) electrons. The van der Waals surface area contributed by atoms with Crippen LogP contribution in [0.2, 0.25) is 0 Å². The van der Waals surface area contributed by atoms with Crippen molar-refractivity contribution < 1.29 is 52.7 Å². The fraction of sp³-hybridized carbons (Fsp3) is 0.769. The average molecular weight is 434 g/mol. The molecule has 0 aliphatic heterocycles. The Morgan fingerprint density at radius 1 is 1.15 bits per heavy atom. The van der Waals surface area contributed by atoms with E-state index in [-0.39, 0.29) is 6.42 Å². The number of hydrogen-bond donors (Lipinski definition) is 1. The highest BCUT2D eigenvalue weighted by Gasteiger charge is 2.48. The van der Waals surface area contributed by atoms with Crippen molar-refractivity contribution in [3.8, 4) is 0 Å². The van der Waals surface area contributed by atoms with Crippen molar-refractivity contribution in [3.05, 3.63) is 18.2 Å². The van der Waals surface area contributed by atoms with Crippen molar-refractivity contribution in [3.63, 3.8) is 0 Å². The number of rotatable bonds is 9. The Morgan fingerprint density at radius 2 is 1.70 bits per heavy atom. The molecule has 1 N–H and O–H groups in total. The summed E-state index contributed by atoms with van der Waals surface area (Å²) in [6.45, 7) is 2.80. The molecule has 1 aromatic heterocycles. The standard InChI is InChI=1S/C11H16F4N2.C2H2F4O3S/c1-2-7-17-8-6-16-9(17)4-3-5-11(14,15)10(12)13;3-1(4)2(5,6)10(7,8)9/h6,8,10H,2-5,7H2,1H3;1H,(H,7,8,9).